The Kier molecular flexibility index (Phi) is 3.35. The van der Waals surface area contributed by atoms with Crippen molar-refractivity contribution in [2.75, 3.05) is 6.54 Å². The highest BCUT2D eigenvalue weighted by Gasteiger charge is 2.03. The van der Waals surface area contributed by atoms with Crippen molar-refractivity contribution in [3.8, 4) is 11.4 Å². The molecule has 0 radical (unpaired) electrons. The lowest BCUT2D eigenvalue weighted by Crippen LogP contribution is -2.13. The fourth-order valence-electron chi connectivity index (χ4n) is 1.63. The van der Waals surface area contributed by atoms with Crippen molar-refractivity contribution < 1.29 is 0 Å². The van der Waals surface area contributed by atoms with Crippen molar-refractivity contribution in [3.63, 3.8) is 0 Å². The average Bonchev–Trinajstić information content (AvgIpc) is 2.29. The lowest BCUT2D eigenvalue weighted by atomic mass is 10.1. The van der Waals surface area contributed by atoms with Crippen molar-refractivity contribution in [2.24, 2.45) is 5.73 Å². The molecule has 0 spiro atoms. The number of rotatable bonds is 3. The molecule has 0 saturated carbocycles. The molecule has 1 aromatic carbocycles. The maximum absolute atomic E-state index is 11.5. The fraction of sp³-hybridized carbons (Fsp3) is 0.231. The second kappa shape index (κ2) is 4.93. The van der Waals surface area contributed by atoms with Gasteiger partial charge in [0.15, 0.2) is 0 Å². The van der Waals surface area contributed by atoms with Crippen LogP contribution in [0.3, 0.4) is 0 Å². The molecule has 0 amide bonds. The molecule has 0 unspecified atom stereocenters. The van der Waals surface area contributed by atoms with Crippen LogP contribution in [0.25, 0.3) is 11.4 Å². The molecule has 0 aliphatic heterocycles. The Balaban J connectivity index is 2.44. The molecule has 4 heteroatoms. The van der Waals surface area contributed by atoms with Crippen LogP contribution in [0.2, 0.25) is 0 Å². The zero-order valence-corrected chi connectivity index (χ0v) is 9.73. The summed E-state index contributed by atoms with van der Waals surface area (Å²) in [5, 5.41) is 0. The van der Waals surface area contributed by atoms with E-state index in [0.717, 1.165) is 11.3 Å². The van der Waals surface area contributed by atoms with E-state index < -0.39 is 0 Å². The first-order valence-electron chi connectivity index (χ1n) is 5.56. The predicted octanol–water partition coefficient (Wildman–Crippen LogP) is 1.25. The molecule has 4 nitrogen and oxygen atoms in total. The third-order valence-corrected chi connectivity index (χ3v) is 2.52. The van der Waals surface area contributed by atoms with Crippen LogP contribution in [0.5, 0.6) is 0 Å². The Labute approximate surface area is 99.5 Å². The standard InChI is InChI=1S/C13H15N3O/c1-9-2-4-10(5-3-9)13-15-11(6-7-14)8-12(17)16-13/h2-5,8H,6-7,14H2,1H3,(H,15,16,17). The zero-order chi connectivity index (χ0) is 12.3. The van der Waals surface area contributed by atoms with Gasteiger partial charge in [0.05, 0.1) is 0 Å². The number of nitrogens with zero attached hydrogens (tertiary/aromatic N) is 1. The molecule has 3 N–H and O–H groups in total. The molecule has 0 fully saturated rings. The Bertz CT molecular complexity index is 558. The summed E-state index contributed by atoms with van der Waals surface area (Å²) in [6.07, 6.45) is 0.614. The number of H-pyrrole nitrogens is 1. The second-order valence-corrected chi connectivity index (χ2v) is 3.99. The number of nitrogens with one attached hydrogen (secondary N) is 1. The monoisotopic (exact) mass is 229 g/mol. The van der Waals surface area contributed by atoms with E-state index in [1.54, 1.807) is 0 Å². The normalized spacial score (nSPS) is 10.5. The number of aryl methyl sites for hydroxylation is 1. The first-order chi connectivity index (χ1) is 8.19. The summed E-state index contributed by atoms with van der Waals surface area (Å²) in [5.74, 6) is 0.598. The zero-order valence-electron chi connectivity index (χ0n) is 9.73. The summed E-state index contributed by atoms with van der Waals surface area (Å²) in [7, 11) is 0. The highest BCUT2D eigenvalue weighted by molar-refractivity contribution is 5.55. The largest absolute Gasteiger partial charge is 0.330 e. The van der Waals surface area contributed by atoms with Gasteiger partial charge >= 0.3 is 0 Å². The molecule has 2 aromatic rings. The van der Waals surface area contributed by atoms with Gasteiger partial charge in [-0.2, -0.15) is 0 Å². The Morgan fingerprint density at radius 2 is 2.00 bits per heavy atom. The summed E-state index contributed by atoms with van der Waals surface area (Å²) in [5.41, 5.74) is 8.14. The van der Waals surface area contributed by atoms with Crippen LogP contribution in [0.15, 0.2) is 35.1 Å². The van der Waals surface area contributed by atoms with Crippen LogP contribution >= 0.6 is 0 Å². The Hall–Kier alpha value is -1.94. The number of aromatic amines is 1. The van der Waals surface area contributed by atoms with Crippen LogP contribution in [-0.2, 0) is 6.42 Å². The van der Waals surface area contributed by atoms with Crippen molar-refractivity contribution in [3.05, 3.63) is 51.9 Å². The summed E-state index contributed by atoms with van der Waals surface area (Å²) >= 11 is 0. The quantitative estimate of drug-likeness (QED) is 0.832. The van der Waals surface area contributed by atoms with Gasteiger partial charge in [0, 0.05) is 23.7 Å². The van der Waals surface area contributed by atoms with E-state index in [-0.39, 0.29) is 5.56 Å². The highest BCUT2D eigenvalue weighted by atomic mass is 16.1. The summed E-state index contributed by atoms with van der Waals surface area (Å²) in [6, 6.07) is 9.36. The average molecular weight is 229 g/mol. The van der Waals surface area contributed by atoms with Gasteiger partial charge in [0.1, 0.15) is 5.82 Å². The van der Waals surface area contributed by atoms with Crippen LogP contribution in [-0.4, -0.2) is 16.5 Å². The number of benzene rings is 1. The molecule has 0 bridgehead atoms. The third-order valence-electron chi connectivity index (χ3n) is 2.52. The molecule has 0 aliphatic carbocycles. The third kappa shape index (κ3) is 2.79. The summed E-state index contributed by atoms with van der Waals surface area (Å²) < 4.78 is 0. The first kappa shape index (κ1) is 11.5. The summed E-state index contributed by atoms with van der Waals surface area (Å²) in [4.78, 5) is 18.6. The minimum Gasteiger partial charge on any atom is -0.330 e. The van der Waals surface area contributed by atoms with E-state index in [9.17, 15) is 4.79 Å². The first-order valence-corrected chi connectivity index (χ1v) is 5.56. The van der Waals surface area contributed by atoms with Gasteiger partial charge in [0.25, 0.3) is 5.56 Å². The number of aromatic nitrogens is 2. The van der Waals surface area contributed by atoms with Gasteiger partial charge in [-0.25, -0.2) is 4.98 Å². The van der Waals surface area contributed by atoms with Crippen molar-refractivity contribution in [2.45, 2.75) is 13.3 Å². The van der Waals surface area contributed by atoms with Gasteiger partial charge in [-0.3, -0.25) is 4.79 Å². The van der Waals surface area contributed by atoms with Crippen LogP contribution in [0.4, 0.5) is 0 Å². The SMILES string of the molecule is Cc1ccc(-c2nc(CCN)cc(=O)[nH]2)cc1. The van der Waals surface area contributed by atoms with Gasteiger partial charge < -0.3 is 10.7 Å². The lowest BCUT2D eigenvalue weighted by Gasteiger charge is -2.04. The lowest BCUT2D eigenvalue weighted by molar-refractivity contribution is 0.905. The maximum Gasteiger partial charge on any atom is 0.251 e. The van der Waals surface area contributed by atoms with Crippen LogP contribution in [0.1, 0.15) is 11.3 Å². The van der Waals surface area contributed by atoms with Gasteiger partial charge in [-0.05, 0) is 13.5 Å². The van der Waals surface area contributed by atoms with Crippen LogP contribution < -0.4 is 11.3 Å². The molecule has 0 saturated heterocycles. The van der Waals surface area contributed by atoms with Gasteiger partial charge in [0.2, 0.25) is 0 Å². The minimum atomic E-state index is -0.140. The number of nitrogens with two attached hydrogens (primary N) is 1. The molecular weight excluding hydrogens is 214 g/mol. The van der Waals surface area contributed by atoms with Gasteiger partial charge in [-0.15, -0.1) is 0 Å². The molecule has 0 aliphatic rings. The molecule has 1 aromatic heterocycles. The van der Waals surface area contributed by atoms with E-state index in [0.29, 0.717) is 18.8 Å². The fourth-order valence-corrected chi connectivity index (χ4v) is 1.63. The summed E-state index contributed by atoms with van der Waals surface area (Å²) in [6.45, 7) is 2.51. The molecule has 17 heavy (non-hydrogen) atoms. The van der Waals surface area contributed by atoms with Crippen LogP contribution in [0, 0.1) is 6.92 Å². The van der Waals surface area contributed by atoms with Gasteiger partial charge in [-0.1, -0.05) is 29.8 Å². The van der Waals surface area contributed by atoms with E-state index in [2.05, 4.69) is 9.97 Å². The molecular formula is C13H15N3O. The molecule has 0 atom stereocenters. The molecule has 88 valence electrons. The number of hydrogen-bond acceptors (Lipinski definition) is 3. The minimum absolute atomic E-state index is 0.140. The maximum atomic E-state index is 11.5. The van der Waals surface area contributed by atoms with E-state index in [1.807, 2.05) is 31.2 Å². The van der Waals surface area contributed by atoms with Crippen molar-refractivity contribution in [1.82, 2.24) is 9.97 Å². The number of hydrogen-bond donors (Lipinski definition) is 2. The van der Waals surface area contributed by atoms with E-state index in [4.69, 9.17) is 5.73 Å². The Morgan fingerprint density at radius 3 is 2.65 bits per heavy atom. The Morgan fingerprint density at radius 1 is 1.29 bits per heavy atom. The second-order valence-electron chi connectivity index (χ2n) is 3.99. The predicted molar refractivity (Wildman–Crippen MR) is 67.8 cm³/mol. The molecule has 2 rings (SSSR count). The smallest absolute Gasteiger partial charge is 0.251 e. The van der Waals surface area contributed by atoms with E-state index in [1.165, 1.54) is 11.6 Å². The molecule has 1 heterocycles. The van der Waals surface area contributed by atoms with Crippen molar-refractivity contribution >= 4 is 0 Å². The van der Waals surface area contributed by atoms with Crippen molar-refractivity contribution in [1.29, 1.82) is 0 Å². The van der Waals surface area contributed by atoms with E-state index >= 15 is 0 Å². The topological polar surface area (TPSA) is 71.8 Å². The highest BCUT2D eigenvalue weighted by Crippen LogP contribution is 2.14.